The van der Waals surface area contributed by atoms with E-state index in [2.05, 4.69) is 10.2 Å². The molecule has 1 aromatic heterocycles. The van der Waals surface area contributed by atoms with Crippen molar-refractivity contribution in [2.75, 3.05) is 0 Å². The highest BCUT2D eigenvalue weighted by Crippen LogP contribution is 2.14. The van der Waals surface area contributed by atoms with Crippen molar-refractivity contribution in [1.82, 2.24) is 10.2 Å². The van der Waals surface area contributed by atoms with Gasteiger partial charge in [-0.25, -0.2) is 0 Å². The minimum atomic E-state index is -0.614. The summed E-state index contributed by atoms with van der Waals surface area (Å²) < 4.78 is 0. The zero-order valence-electron chi connectivity index (χ0n) is 10.5. The molecule has 0 spiro atoms. The number of hydrogen-bond acceptors (Lipinski definition) is 4. The number of Topliss-reactive ketones (excluding diaryl/α,β-unsaturated/α-hetero) is 1. The van der Waals surface area contributed by atoms with Crippen LogP contribution in [0.15, 0.2) is 30.3 Å². The lowest BCUT2D eigenvalue weighted by Crippen LogP contribution is -2.00. The molecular formula is C13H12ClN3O3. The summed E-state index contributed by atoms with van der Waals surface area (Å²) in [6, 6.07) is 8.58. The first kappa shape index (κ1) is 14.2. The smallest absolute Gasteiger partial charge is 0.343 e. The Balaban J connectivity index is 1.85. The van der Waals surface area contributed by atoms with Crippen LogP contribution in [-0.2, 0) is 6.42 Å². The Kier molecular flexibility index (Phi) is 4.47. The summed E-state index contributed by atoms with van der Waals surface area (Å²) >= 11 is 5.78. The number of aromatic amines is 1. The summed E-state index contributed by atoms with van der Waals surface area (Å²) in [6.07, 6.45) is 1.70. The van der Waals surface area contributed by atoms with Crippen LogP contribution < -0.4 is 0 Å². The number of aryl methyl sites for hydroxylation is 1. The second-order valence-electron chi connectivity index (χ2n) is 4.30. The van der Waals surface area contributed by atoms with Crippen molar-refractivity contribution in [1.29, 1.82) is 0 Å². The molecule has 1 heterocycles. The van der Waals surface area contributed by atoms with E-state index in [9.17, 15) is 14.9 Å². The maximum atomic E-state index is 11.8. The monoisotopic (exact) mass is 293 g/mol. The van der Waals surface area contributed by atoms with Crippen LogP contribution in [-0.4, -0.2) is 20.9 Å². The molecule has 0 amide bonds. The van der Waals surface area contributed by atoms with Gasteiger partial charge in [0.15, 0.2) is 11.5 Å². The molecule has 0 fully saturated rings. The third kappa shape index (κ3) is 3.64. The minimum absolute atomic E-state index is 0.104. The highest BCUT2D eigenvalue weighted by atomic mass is 35.5. The van der Waals surface area contributed by atoms with E-state index in [1.807, 2.05) is 12.1 Å². The van der Waals surface area contributed by atoms with Gasteiger partial charge in [0, 0.05) is 11.4 Å². The second kappa shape index (κ2) is 6.29. The Morgan fingerprint density at radius 2 is 2.05 bits per heavy atom. The van der Waals surface area contributed by atoms with Crippen LogP contribution in [0.5, 0.6) is 0 Å². The lowest BCUT2D eigenvalue weighted by molar-refractivity contribution is -0.389. The molecule has 0 unspecified atom stereocenters. The first-order valence-electron chi connectivity index (χ1n) is 6.03. The van der Waals surface area contributed by atoms with Gasteiger partial charge in [-0.3, -0.25) is 4.79 Å². The molecule has 1 N–H and O–H groups in total. The van der Waals surface area contributed by atoms with E-state index >= 15 is 0 Å². The van der Waals surface area contributed by atoms with Crippen LogP contribution in [0.4, 0.5) is 5.82 Å². The molecule has 104 valence electrons. The Labute approximate surface area is 119 Å². The number of carbonyl (C=O) groups is 1. The average Bonchev–Trinajstić information content (AvgIpc) is 2.91. The SMILES string of the molecule is O=C(CCCc1ccc(Cl)cc1)c1cc([N+](=O)[O-])[nH]n1. The third-order valence-corrected chi connectivity index (χ3v) is 3.08. The third-order valence-electron chi connectivity index (χ3n) is 2.83. The molecule has 20 heavy (non-hydrogen) atoms. The van der Waals surface area contributed by atoms with Crippen LogP contribution >= 0.6 is 11.6 Å². The Morgan fingerprint density at radius 3 is 2.65 bits per heavy atom. The van der Waals surface area contributed by atoms with E-state index in [0.717, 1.165) is 18.1 Å². The molecular weight excluding hydrogens is 282 g/mol. The molecule has 0 atom stereocenters. The molecule has 0 saturated carbocycles. The van der Waals surface area contributed by atoms with Gasteiger partial charge in [-0.15, -0.1) is 5.10 Å². The van der Waals surface area contributed by atoms with Crippen molar-refractivity contribution >= 4 is 23.2 Å². The molecule has 6 nitrogen and oxygen atoms in total. The fourth-order valence-corrected chi connectivity index (χ4v) is 1.91. The summed E-state index contributed by atoms with van der Waals surface area (Å²) in [5.74, 6) is -0.477. The van der Waals surface area contributed by atoms with Crippen LogP contribution in [0.3, 0.4) is 0 Å². The number of rotatable bonds is 6. The molecule has 7 heteroatoms. The average molecular weight is 294 g/mol. The summed E-state index contributed by atoms with van der Waals surface area (Å²) in [7, 11) is 0. The molecule has 0 bridgehead atoms. The normalized spacial score (nSPS) is 10.4. The van der Waals surface area contributed by atoms with E-state index in [1.165, 1.54) is 0 Å². The van der Waals surface area contributed by atoms with Crippen LogP contribution in [0, 0.1) is 10.1 Å². The van der Waals surface area contributed by atoms with Crippen molar-refractivity contribution in [2.45, 2.75) is 19.3 Å². The zero-order valence-corrected chi connectivity index (χ0v) is 11.3. The van der Waals surface area contributed by atoms with Crippen molar-refractivity contribution in [2.24, 2.45) is 0 Å². The molecule has 2 rings (SSSR count). The highest BCUT2D eigenvalue weighted by molar-refractivity contribution is 6.30. The number of benzene rings is 1. The highest BCUT2D eigenvalue weighted by Gasteiger charge is 2.15. The van der Waals surface area contributed by atoms with Gasteiger partial charge in [0.2, 0.25) is 0 Å². The second-order valence-corrected chi connectivity index (χ2v) is 4.74. The number of nitro groups is 1. The van der Waals surface area contributed by atoms with E-state index in [1.54, 1.807) is 12.1 Å². The standard InChI is InChI=1S/C13H12ClN3O3/c14-10-6-4-9(5-7-10)2-1-3-12(18)11-8-13(16-15-11)17(19)20/h4-8H,1-3H2,(H,15,16). The zero-order chi connectivity index (χ0) is 14.5. The van der Waals surface area contributed by atoms with Crippen molar-refractivity contribution in [3.8, 4) is 0 Å². The molecule has 0 aliphatic carbocycles. The Morgan fingerprint density at radius 1 is 1.35 bits per heavy atom. The van der Waals surface area contributed by atoms with Gasteiger partial charge in [-0.2, -0.15) is 0 Å². The van der Waals surface area contributed by atoms with Gasteiger partial charge >= 0.3 is 5.82 Å². The number of halogens is 1. The van der Waals surface area contributed by atoms with Crippen molar-refractivity contribution in [3.63, 3.8) is 0 Å². The first-order valence-corrected chi connectivity index (χ1v) is 6.41. The largest absolute Gasteiger partial charge is 0.358 e. The fourth-order valence-electron chi connectivity index (χ4n) is 1.78. The van der Waals surface area contributed by atoms with Gasteiger partial charge in [0.05, 0.1) is 6.07 Å². The molecule has 0 aliphatic rings. The van der Waals surface area contributed by atoms with E-state index in [-0.39, 0.29) is 17.3 Å². The molecule has 0 saturated heterocycles. The van der Waals surface area contributed by atoms with E-state index in [0.29, 0.717) is 17.9 Å². The number of nitrogens with one attached hydrogen (secondary N) is 1. The van der Waals surface area contributed by atoms with Crippen molar-refractivity contribution < 1.29 is 9.72 Å². The van der Waals surface area contributed by atoms with Crippen LogP contribution in [0.1, 0.15) is 28.9 Å². The summed E-state index contributed by atoms with van der Waals surface area (Å²) in [5, 5.41) is 17.0. The first-order chi connectivity index (χ1) is 9.56. The predicted octanol–water partition coefficient (Wildman–Crippen LogP) is 3.18. The predicted molar refractivity (Wildman–Crippen MR) is 74.0 cm³/mol. The quantitative estimate of drug-likeness (QED) is 0.503. The lowest BCUT2D eigenvalue weighted by atomic mass is 10.1. The lowest BCUT2D eigenvalue weighted by Gasteiger charge is -2.00. The van der Waals surface area contributed by atoms with Gasteiger partial charge < -0.3 is 10.1 Å². The fraction of sp³-hybridized carbons (Fsp3) is 0.231. The number of carbonyl (C=O) groups excluding carboxylic acids is 1. The molecule has 0 radical (unpaired) electrons. The van der Waals surface area contributed by atoms with Crippen molar-refractivity contribution in [3.05, 3.63) is 56.7 Å². The number of H-pyrrole nitrogens is 1. The Hall–Kier alpha value is -2.21. The van der Waals surface area contributed by atoms with E-state index in [4.69, 9.17) is 11.6 Å². The maximum absolute atomic E-state index is 11.8. The summed E-state index contributed by atoms with van der Waals surface area (Å²) in [4.78, 5) is 21.7. The number of hydrogen-bond donors (Lipinski definition) is 1. The van der Waals surface area contributed by atoms with Gasteiger partial charge in [-0.05, 0) is 35.5 Å². The number of ketones is 1. The molecule has 1 aromatic carbocycles. The topological polar surface area (TPSA) is 88.9 Å². The summed E-state index contributed by atoms with van der Waals surface area (Å²) in [6.45, 7) is 0. The maximum Gasteiger partial charge on any atom is 0.343 e. The molecule has 2 aromatic rings. The van der Waals surface area contributed by atoms with Crippen LogP contribution in [0.2, 0.25) is 5.02 Å². The molecule has 0 aliphatic heterocycles. The Bertz CT molecular complexity index is 622. The van der Waals surface area contributed by atoms with E-state index < -0.39 is 4.92 Å². The van der Waals surface area contributed by atoms with Gasteiger partial charge in [0.1, 0.15) is 0 Å². The number of nitrogens with zero attached hydrogens (tertiary/aromatic N) is 2. The summed E-state index contributed by atoms with van der Waals surface area (Å²) in [5.41, 5.74) is 1.20. The van der Waals surface area contributed by atoms with Gasteiger partial charge in [0.25, 0.3) is 0 Å². The van der Waals surface area contributed by atoms with Crippen LogP contribution in [0.25, 0.3) is 0 Å². The number of aromatic nitrogens is 2. The minimum Gasteiger partial charge on any atom is -0.358 e. The van der Waals surface area contributed by atoms with Gasteiger partial charge in [-0.1, -0.05) is 28.8 Å².